The number of nitrogen functional groups attached to an aromatic ring is 1. The predicted molar refractivity (Wildman–Crippen MR) is 116 cm³/mol. The van der Waals surface area contributed by atoms with Crippen LogP contribution in [-0.4, -0.2) is 47.1 Å². The van der Waals surface area contributed by atoms with E-state index in [1.54, 1.807) is 7.11 Å². The summed E-state index contributed by atoms with van der Waals surface area (Å²) < 4.78 is 12.6. The first-order valence-corrected chi connectivity index (χ1v) is 10.4. The van der Waals surface area contributed by atoms with Crippen molar-refractivity contribution in [3.05, 3.63) is 48.3 Å². The minimum absolute atomic E-state index is 0.0000810. The number of rotatable bonds is 6. The topological polar surface area (TPSA) is 82.1 Å². The van der Waals surface area contributed by atoms with E-state index in [4.69, 9.17) is 20.2 Å². The molecule has 0 amide bonds. The Balaban J connectivity index is 1.61. The van der Waals surface area contributed by atoms with E-state index in [9.17, 15) is 4.79 Å². The molecule has 0 bridgehead atoms. The monoisotopic (exact) mass is 408 g/mol. The summed E-state index contributed by atoms with van der Waals surface area (Å²) in [5.74, 6) is 0.744. The van der Waals surface area contributed by atoms with Crippen LogP contribution in [0.4, 0.5) is 5.69 Å². The molecule has 158 valence electrons. The van der Waals surface area contributed by atoms with Gasteiger partial charge in [0.05, 0.1) is 31.0 Å². The van der Waals surface area contributed by atoms with Gasteiger partial charge in [-0.25, -0.2) is 4.98 Å². The first kappa shape index (κ1) is 20.2. The lowest BCUT2D eigenvalue weighted by molar-refractivity contribution is -0.149. The van der Waals surface area contributed by atoms with Crippen LogP contribution in [0.1, 0.15) is 25.5 Å². The molecule has 3 aromatic rings. The summed E-state index contributed by atoms with van der Waals surface area (Å²) in [6.45, 7) is 4.72. The van der Waals surface area contributed by atoms with Gasteiger partial charge in [-0.15, -0.1) is 0 Å². The smallest absolute Gasteiger partial charge is 0.309 e. The fourth-order valence-electron chi connectivity index (χ4n) is 4.04. The van der Waals surface area contributed by atoms with Crippen LogP contribution < -0.4 is 10.5 Å². The van der Waals surface area contributed by atoms with Gasteiger partial charge in [0.15, 0.2) is 0 Å². The number of imidazole rings is 1. The maximum Gasteiger partial charge on any atom is 0.309 e. The molecular formula is C23H28N4O3. The molecular weight excluding hydrogens is 380 g/mol. The standard InChI is InChI=1S/C23H28N4O3/c1-3-30-23(28)17-10-12-26(13-11-17)15-20-22(16-4-7-19(29-2)8-5-16)25-21-9-6-18(24)14-27(20)21/h4-9,14,17H,3,10-13,15,24H2,1-2H3. The number of benzene rings is 1. The highest BCUT2D eigenvalue weighted by Gasteiger charge is 2.27. The van der Waals surface area contributed by atoms with E-state index in [1.165, 1.54) is 0 Å². The molecule has 0 atom stereocenters. The summed E-state index contributed by atoms with van der Waals surface area (Å²) in [4.78, 5) is 19.3. The van der Waals surface area contributed by atoms with Gasteiger partial charge in [-0.2, -0.15) is 0 Å². The molecule has 2 N–H and O–H groups in total. The van der Waals surface area contributed by atoms with Gasteiger partial charge in [0, 0.05) is 24.0 Å². The van der Waals surface area contributed by atoms with Crippen molar-refractivity contribution in [2.45, 2.75) is 26.3 Å². The zero-order valence-corrected chi connectivity index (χ0v) is 17.5. The maximum atomic E-state index is 12.0. The molecule has 7 heteroatoms. The third-order valence-electron chi connectivity index (χ3n) is 5.68. The third kappa shape index (κ3) is 4.11. The van der Waals surface area contributed by atoms with Crippen molar-refractivity contribution in [2.75, 3.05) is 32.5 Å². The van der Waals surface area contributed by atoms with Crippen molar-refractivity contribution < 1.29 is 14.3 Å². The normalized spacial score (nSPS) is 15.4. The molecule has 3 heterocycles. The zero-order chi connectivity index (χ0) is 21.1. The number of hydrogen-bond donors (Lipinski definition) is 1. The number of nitrogens with two attached hydrogens (primary N) is 1. The number of aromatic nitrogens is 2. The molecule has 1 aromatic carbocycles. The number of fused-ring (bicyclic) bond motifs is 1. The van der Waals surface area contributed by atoms with Crippen LogP contribution in [-0.2, 0) is 16.1 Å². The fourth-order valence-corrected chi connectivity index (χ4v) is 4.04. The van der Waals surface area contributed by atoms with Gasteiger partial charge in [0.1, 0.15) is 11.4 Å². The fraction of sp³-hybridized carbons (Fsp3) is 0.391. The van der Waals surface area contributed by atoms with Gasteiger partial charge >= 0.3 is 5.97 Å². The molecule has 0 aliphatic carbocycles. The molecule has 0 unspecified atom stereocenters. The molecule has 30 heavy (non-hydrogen) atoms. The van der Waals surface area contributed by atoms with Gasteiger partial charge in [0.25, 0.3) is 0 Å². The third-order valence-corrected chi connectivity index (χ3v) is 5.68. The maximum absolute atomic E-state index is 12.0. The Morgan fingerprint density at radius 3 is 2.57 bits per heavy atom. The second-order valence-corrected chi connectivity index (χ2v) is 7.63. The molecule has 0 saturated carbocycles. The van der Waals surface area contributed by atoms with E-state index < -0.39 is 0 Å². The van der Waals surface area contributed by atoms with E-state index >= 15 is 0 Å². The number of likely N-dealkylation sites (tertiary alicyclic amines) is 1. The second kappa shape index (κ2) is 8.75. The van der Waals surface area contributed by atoms with E-state index in [0.717, 1.165) is 60.8 Å². The number of esters is 1. The Morgan fingerprint density at radius 1 is 1.17 bits per heavy atom. The van der Waals surface area contributed by atoms with Gasteiger partial charge in [-0.3, -0.25) is 9.69 Å². The number of piperidine rings is 1. The van der Waals surface area contributed by atoms with Crippen molar-refractivity contribution in [1.29, 1.82) is 0 Å². The molecule has 0 radical (unpaired) electrons. The van der Waals surface area contributed by atoms with Gasteiger partial charge < -0.3 is 19.6 Å². The number of pyridine rings is 1. The van der Waals surface area contributed by atoms with Crippen molar-refractivity contribution >= 4 is 17.3 Å². The lowest BCUT2D eigenvalue weighted by Crippen LogP contribution is -2.36. The lowest BCUT2D eigenvalue weighted by atomic mass is 9.96. The quantitative estimate of drug-likeness (QED) is 0.630. The van der Waals surface area contributed by atoms with Gasteiger partial charge in [-0.05, 0) is 69.3 Å². The van der Waals surface area contributed by atoms with Crippen LogP contribution in [0.25, 0.3) is 16.9 Å². The van der Waals surface area contributed by atoms with Crippen molar-refractivity contribution in [3.8, 4) is 17.0 Å². The number of ether oxygens (including phenoxy) is 2. The largest absolute Gasteiger partial charge is 0.497 e. The molecule has 7 nitrogen and oxygen atoms in total. The lowest BCUT2D eigenvalue weighted by Gasteiger charge is -2.30. The Bertz CT molecular complexity index is 1020. The van der Waals surface area contributed by atoms with E-state index in [-0.39, 0.29) is 11.9 Å². The molecule has 1 saturated heterocycles. The highest BCUT2D eigenvalue weighted by molar-refractivity contribution is 5.72. The van der Waals surface area contributed by atoms with Gasteiger partial charge in [0.2, 0.25) is 0 Å². The summed E-state index contributed by atoms with van der Waals surface area (Å²) in [7, 11) is 1.66. The van der Waals surface area contributed by atoms with E-state index in [0.29, 0.717) is 12.3 Å². The average Bonchev–Trinajstić information content (AvgIpc) is 3.12. The van der Waals surface area contributed by atoms with E-state index in [1.807, 2.05) is 49.5 Å². The Hall–Kier alpha value is -3.06. The van der Waals surface area contributed by atoms with Crippen LogP contribution in [0.3, 0.4) is 0 Å². The Labute approximate surface area is 176 Å². The Morgan fingerprint density at radius 2 is 1.90 bits per heavy atom. The van der Waals surface area contributed by atoms with Crippen molar-refractivity contribution in [2.24, 2.45) is 5.92 Å². The summed E-state index contributed by atoms with van der Waals surface area (Å²) >= 11 is 0. The first-order valence-electron chi connectivity index (χ1n) is 10.4. The highest BCUT2D eigenvalue weighted by Crippen LogP contribution is 2.29. The highest BCUT2D eigenvalue weighted by atomic mass is 16.5. The molecule has 2 aromatic heterocycles. The minimum atomic E-state index is -0.0707. The van der Waals surface area contributed by atoms with E-state index in [2.05, 4.69) is 9.30 Å². The minimum Gasteiger partial charge on any atom is -0.497 e. The molecule has 1 aliphatic heterocycles. The summed E-state index contributed by atoms with van der Waals surface area (Å²) in [6.07, 6.45) is 3.56. The molecule has 4 rings (SSSR count). The molecule has 1 fully saturated rings. The Kier molecular flexibility index (Phi) is 5.90. The van der Waals surface area contributed by atoms with Crippen LogP contribution in [0.2, 0.25) is 0 Å². The van der Waals surface area contributed by atoms with Crippen LogP contribution in [0, 0.1) is 5.92 Å². The SMILES string of the molecule is CCOC(=O)C1CCN(Cc2c(-c3ccc(OC)cc3)nc3ccc(N)cn23)CC1. The first-order chi connectivity index (χ1) is 14.6. The summed E-state index contributed by atoms with van der Waals surface area (Å²) in [5.41, 5.74) is 10.7. The number of nitrogens with zero attached hydrogens (tertiary/aromatic N) is 3. The van der Waals surface area contributed by atoms with Gasteiger partial charge in [-0.1, -0.05) is 0 Å². The van der Waals surface area contributed by atoms with Crippen molar-refractivity contribution in [1.82, 2.24) is 14.3 Å². The van der Waals surface area contributed by atoms with Crippen LogP contribution in [0.15, 0.2) is 42.6 Å². The predicted octanol–water partition coefficient (Wildman–Crippen LogP) is 3.37. The van der Waals surface area contributed by atoms with Crippen LogP contribution in [0.5, 0.6) is 5.75 Å². The molecule has 0 spiro atoms. The number of methoxy groups -OCH3 is 1. The number of carbonyl (C=O) groups is 1. The average molecular weight is 409 g/mol. The number of carbonyl (C=O) groups excluding carboxylic acids is 1. The summed E-state index contributed by atoms with van der Waals surface area (Å²) in [5, 5.41) is 0. The van der Waals surface area contributed by atoms with Crippen molar-refractivity contribution in [3.63, 3.8) is 0 Å². The number of anilines is 1. The molecule has 1 aliphatic rings. The summed E-state index contributed by atoms with van der Waals surface area (Å²) in [6, 6.07) is 11.8. The van der Waals surface area contributed by atoms with Crippen LogP contribution >= 0.6 is 0 Å². The number of hydrogen-bond acceptors (Lipinski definition) is 6. The zero-order valence-electron chi connectivity index (χ0n) is 17.5. The second-order valence-electron chi connectivity index (χ2n) is 7.63.